The molecular formula is C14H22F3N3. The summed E-state index contributed by atoms with van der Waals surface area (Å²) in [6.45, 7) is 6.78. The van der Waals surface area contributed by atoms with Crippen molar-refractivity contribution in [1.29, 1.82) is 0 Å². The molecule has 3 nitrogen and oxygen atoms in total. The number of nitrogens with one attached hydrogen (secondary N) is 1. The lowest BCUT2D eigenvalue weighted by Gasteiger charge is -2.18. The summed E-state index contributed by atoms with van der Waals surface area (Å²) >= 11 is 0. The van der Waals surface area contributed by atoms with Gasteiger partial charge in [0.05, 0.1) is 12.2 Å². The van der Waals surface area contributed by atoms with Gasteiger partial charge in [-0.15, -0.1) is 0 Å². The molecule has 1 aromatic heterocycles. The Bertz CT molecular complexity index is 447. The first-order valence-corrected chi connectivity index (χ1v) is 7.15. The lowest BCUT2D eigenvalue weighted by molar-refractivity contribution is -0.145. The SMILES string of the molecule is CC(C)CNCc1cnn(C(C)C2CC2)c1C(F)(F)F. The number of hydrogen-bond acceptors (Lipinski definition) is 2. The van der Waals surface area contributed by atoms with Crippen molar-refractivity contribution in [3.05, 3.63) is 17.5 Å². The molecule has 20 heavy (non-hydrogen) atoms. The molecule has 1 aliphatic rings. The fourth-order valence-electron chi connectivity index (χ4n) is 2.42. The normalized spacial score (nSPS) is 17.8. The summed E-state index contributed by atoms with van der Waals surface area (Å²) < 4.78 is 41.0. The summed E-state index contributed by atoms with van der Waals surface area (Å²) in [5.74, 6) is 0.747. The summed E-state index contributed by atoms with van der Waals surface area (Å²) in [5, 5.41) is 7.06. The number of halogens is 3. The van der Waals surface area contributed by atoms with Crippen LogP contribution in [0.1, 0.15) is 50.9 Å². The molecule has 6 heteroatoms. The Hall–Kier alpha value is -1.04. The van der Waals surface area contributed by atoms with Gasteiger partial charge in [0.1, 0.15) is 5.69 Å². The Morgan fingerprint density at radius 2 is 2.00 bits per heavy atom. The Kier molecular flexibility index (Phi) is 4.42. The van der Waals surface area contributed by atoms with E-state index in [1.54, 1.807) is 0 Å². The van der Waals surface area contributed by atoms with Crippen LogP contribution in [-0.2, 0) is 12.7 Å². The maximum atomic E-state index is 13.3. The quantitative estimate of drug-likeness (QED) is 0.867. The summed E-state index contributed by atoms with van der Waals surface area (Å²) in [7, 11) is 0. The zero-order valence-corrected chi connectivity index (χ0v) is 12.2. The number of aromatic nitrogens is 2. The Balaban J connectivity index is 2.18. The van der Waals surface area contributed by atoms with Crippen molar-refractivity contribution in [2.24, 2.45) is 11.8 Å². The summed E-state index contributed by atoms with van der Waals surface area (Å²) in [6, 6.07) is -0.175. The molecular weight excluding hydrogens is 267 g/mol. The molecule has 1 atom stereocenters. The highest BCUT2D eigenvalue weighted by atomic mass is 19.4. The van der Waals surface area contributed by atoms with Gasteiger partial charge in [-0.1, -0.05) is 13.8 Å². The second-order valence-electron chi connectivity index (χ2n) is 6.06. The molecule has 0 radical (unpaired) electrons. The minimum atomic E-state index is -4.35. The molecule has 1 unspecified atom stereocenters. The molecule has 0 spiro atoms. The van der Waals surface area contributed by atoms with Crippen molar-refractivity contribution < 1.29 is 13.2 Å². The molecule has 114 valence electrons. The number of hydrogen-bond donors (Lipinski definition) is 1. The molecule has 1 N–H and O–H groups in total. The molecule has 0 saturated heterocycles. The molecule has 0 aromatic carbocycles. The highest BCUT2D eigenvalue weighted by Crippen LogP contribution is 2.42. The van der Waals surface area contributed by atoms with Gasteiger partial charge >= 0.3 is 6.18 Å². The molecule has 2 rings (SSSR count). The van der Waals surface area contributed by atoms with Crippen LogP contribution in [0.2, 0.25) is 0 Å². The fraction of sp³-hybridized carbons (Fsp3) is 0.786. The van der Waals surface area contributed by atoms with Gasteiger partial charge in [-0.05, 0) is 38.1 Å². The first-order valence-electron chi connectivity index (χ1n) is 7.15. The second kappa shape index (κ2) is 5.76. The van der Waals surface area contributed by atoms with E-state index >= 15 is 0 Å². The van der Waals surface area contributed by atoms with E-state index in [2.05, 4.69) is 10.4 Å². The minimum absolute atomic E-state index is 0.175. The minimum Gasteiger partial charge on any atom is -0.312 e. The van der Waals surface area contributed by atoms with Crippen molar-refractivity contribution in [3.63, 3.8) is 0 Å². The highest BCUT2D eigenvalue weighted by Gasteiger charge is 2.41. The molecule has 1 saturated carbocycles. The van der Waals surface area contributed by atoms with Crippen molar-refractivity contribution in [2.45, 2.75) is 52.4 Å². The zero-order valence-electron chi connectivity index (χ0n) is 12.2. The predicted molar refractivity (Wildman–Crippen MR) is 71.2 cm³/mol. The average Bonchev–Trinajstić information content (AvgIpc) is 3.07. The van der Waals surface area contributed by atoms with Gasteiger partial charge in [0.25, 0.3) is 0 Å². The lowest BCUT2D eigenvalue weighted by atomic mass is 10.1. The van der Waals surface area contributed by atoms with E-state index in [-0.39, 0.29) is 18.2 Å². The largest absolute Gasteiger partial charge is 0.433 e. The number of nitrogens with zero attached hydrogens (tertiary/aromatic N) is 2. The maximum absolute atomic E-state index is 13.3. The van der Waals surface area contributed by atoms with Crippen LogP contribution in [0.25, 0.3) is 0 Å². The molecule has 0 bridgehead atoms. The van der Waals surface area contributed by atoms with Gasteiger partial charge in [0.15, 0.2) is 0 Å². The van der Waals surface area contributed by atoms with Gasteiger partial charge < -0.3 is 5.32 Å². The van der Waals surface area contributed by atoms with E-state index in [1.807, 2.05) is 20.8 Å². The van der Waals surface area contributed by atoms with Crippen LogP contribution in [0.15, 0.2) is 6.20 Å². The van der Waals surface area contributed by atoms with E-state index in [4.69, 9.17) is 0 Å². The van der Waals surface area contributed by atoms with E-state index in [0.29, 0.717) is 18.4 Å². The van der Waals surface area contributed by atoms with E-state index in [1.165, 1.54) is 10.9 Å². The Labute approximate surface area is 117 Å². The molecule has 0 amide bonds. The van der Waals surface area contributed by atoms with Crippen LogP contribution in [0.5, 0.6) is 0 Å². The molecule has 1 aromatic rings. The van der Waals surface area contributed by atoms with Crippen LogP contribution in [0.3, 0.4) is 0 Å². The Morgan fingerprint density at radius 3 is 2.50 bits per heavy atom. The first kappa shape index (κ1) is 15.4. The fourth-order valence-corrected chi connectivity index (χ4v) is 2.42. The van der Waals surface area contributed by atoms with Crippen LogP contribution in [-0.4, -0.2) is 16.3 Å². The standard InChI is InChI=1S/C14H22F3N3/c1-9(2)6-18-7-12-8-19-20(10(3)11-4-5-11)13(12)14(15,16)17/h8-11,18H,4-7H2,1-3H3. The third kappa shape index (κ3) is 3.53. The summed E-state index contributed by atoms with van der Waals surface area (Å²) in [6.07, 6.45) is -0.998. The van der Waals surface area contributed by atoms with Gasteiger partial charge in [-0.25, -0.2) is 0 Å². The molecule has 0 aliphatic heterocycles. The highest BCUT2D eigenvalue weighted by molar-refractivity contribution is 5.21. The van der Waals surface area contributed by atoms with Crippen LogP contribution in [0, 0.1) is 11.8 Å². The molecule has 1 fully saturated rings. The van der Waals surface area contributed by atoms with Crippen molar-refractivity contribution in [2.75, 3.05) is 6.54 Å². The van der Waals surface area contributed by atoms with Crippen LogP contribution >= 0.6 is 0 Å². The smallest absolute Gasteiger partial charge is 0.312 e. The van der Waals surface area contributed by atoms with Gasteiger partial charge in [-0.2, -0.15) is 18.3 Å². The number of alkyl halides is 3. The summed E-state index contributed by atoms with van der Waals surface area (Å²) in [4.78, 5) is 0. The predicted octanol–water partition coefficient (Wildman–Crippen LogP) is 3.62. The maximum Gasteiger partial charge on any atom is 0.433 e. The second-order valence-corrected chi connectivity index (χ2v) is 6.06. The first-order chi connectivity index (χ1) is 9.30. The molecule has 1 aliphatic carbocycles. The molecule has 1 heterocycles. The summed E-state index contributed by atoms with van der Waals surface area (Å²) in [5.41, 5.74) is -0.348. The Morgan fingerprint density at radius 1 is 1.35 bits per heavy atom. The van der Waals surface area contributed by atoms with E-state index in [9.17, 15) is 13.2 Å². The zero-order chi connectivity index (χ0) is 14.9. The third-order valence-corrected chi connectivity index (χ3v) is 3.70. The van der Waals surface area contributed by atoms with Crippen molar-refractivity contribution >= 4 is 0 Å². The average molecular weight is 289 g/mol. The van der Waals surface area contributed by atoms with Crippen molar-refractivity contribution in [3.8, 4) is 0 Å². The topological polar surface area (TPSA) is 29.9 Å². The lowest BCUT2D eigenvalue weighted by Crippen LogP contribution is -2.24. The van der Waals surface area contributed by atoms with Gasteiger partial charge in [-0.3, -0.25) is 4.68 Å². The van der Waals surface area contributed by atoms with Crippen LogP contribution in [0.4, 0.5) is 13.2 Å². The third-order valence-electron chi connectivity index (χ3n) is 3.70. The van der Waals surface area contributed by atoms with E-state index in [0.717, 1.165) is 12.8 Å². The number of rotatable bonds is 6. The van der Waals surface area contributed by atoms with Crippen molar-refractivity contribution in [1.82, 2.24) is 15.1 Å². The van der Waals surface area contributed by atoms with Crippen LogP contribution < -0.4 is 5.32 Å². The van der Waals surface area contributed by atoms with Gasteiger partial charge in [0, 0.05) is 12.1 Å². The van der Waals surface area contributed by atoms with E-state index < -0.39 is 11.9 Å². The monoisotopic (exact) mass is 289 g/mol. The van der Waals surface area contributed by atoms with Gasteiger partial charge in [0.2, 0.25) is 0 Å².